The fourth-order valence-electron chi connectivity index (χ4n) is 4.65. The molecule has 156 valence electrons. The van der Waals surface area contributed by atoms with Gasteiger partial charge in [0, 0.05) is 23.2 Å². The number of carbonyl (C=O) groups is 1. The summed E-state index contributed by atoms with van der Waals surface area (Å²) in [6.07, 6.45) is 7.26. The summed E-state index contributed by atoms with van der Waals surface area (Å²) in [6.45, 7) is 3.21. The van der Waals surface area contributed by atoms with Crippen molar-refractivity contribution in [3.05, 3.63) is 70.8 Å². The van der Waals surface area contributed by atoms with Crippen LogP contribution in [-0.4, -0.2) is 43.5 Å². The number of ketones is 1. The molecular formula is C26H29NO3. The lowest BCUT2D eigenvalue weighted by atomic mass is 9.88. The second kappa shape index (κ2) is 8.88. The van der Waals surface area contributed by atoms with Crippen LogP contribution in [-0.2, 0) is 4.79 Å². The van der Waals surface area contributed by atoms with E-state index in [2.05, 4.69) is 24.0 Å². The molecule has 2 fully saturated rings. The smallest absolute Gasteiger partial charge is 0.188 e. The Hall–Kier alpha value is -2.85. The quantitative estimate of drug-likeness (QED) is 0.637. The van der Waals surface area contributed by atoms with Crippen LogP contribution in [0.4, 0.5) is 0 Å². The van der Waals surface area contributed by atoms with Gasteiger partial charge in [-0.1, -0.05) is 31.2 Å². The number of fused-ring (bicyclic) bond motifs is 2. The summed E-state index contributed by atoms with van der Waals surface area (Å²) in [7, 11) is 3.32. The van der Waals surface area contributed by atoms with Gasteiger partial charge in [0.25, 0.3) is 0 Å². The maximum Gasteiger partial charge on any atom is 0.188 e. The second-order valence-electron chi connectivity index (χ2n) is 7.92. The van der Waals surface area contributed by atoms with Crippen LogP contribution in [0.15, 0.2) is 59.7 Å². The van der Waals surface area contributed by atoms with Gasteiger partial charge in [0.1, 0.15) is 11.5 Å². The molecule has 0 N–H and O–H groups in total. The Morgan fingerprint density at radius 3 is 1.63 bits per heavy atom. The highest BCUT2D eigenvalue weighted by atomic mass is 16.5. The van der Waals surface area contributed by atoms with Crippen LogP contribution in [0.5, 0.6) is 11.5 Å². The Kier molecular flexibility index (Phi) is 6.05. The first-order valence-electron chi connectivity index (χ1n) is 10.7. The van der Waals surface area contributed by atoms with E-state index < -0.39 is 0 Å². The number of hydrogen-bond donors (Lipinski definition) is 0. The molecule has 0 radical (unpaired) electrons. The van der Waals surface area contributed by atoms with Crippen LogP contribution in [0, 0.1) is 0 Å². The third-order valence-corrected chi connectivity index (χ3v) is 6.11. The average molecular weight is 404 g/mol. The predicted molar refractivity (Wildman–Crippen MR) is 121 cm³/mol. The fraction of sp³-hybridized carbons (Fsp3) is 0.346. The van der Waals surface area contributed by atoms with Crippen molar-refractivity contribution in [2.24, 2.45) is 0 Å². The number of nitrogens with zero attached hydrogens (tertiary/aromatic N) is 1. The van der Waals surface area contributed by atoms with Crippen LogP contribution >= 0.6 is 0 Å². The van der Waals surface area contributed by atoms with Gasteiger partial charge in [0.2, 0.25) is 0 Å². The Labute approximate surface area is 178 Å². The zero-order valence-electron chi connectivity index (χ0n) is 17.9. The van der Waals surface area contributed by atoms with Crippen molar-refractivity contribution in [3.8, 4) is 11.5 Å². The summed E-state index contributed by atoms with van der Waals surface area (Å²) in [5.41, 5.74) is 3.87. The molecule has 0 spiro atoms. The average Bonchev–Trinajstić information content (AvgIpc) is 3.13. The van der Waals surface area contributed by atoms with Gasteiger partial charge in [-0.15, -0.1) is 0 Å². The van der Waals surface area contributed by atoms with Crippen molar-refractivity contribution in [1.29, 1.82) is 0 Å². The Balaban J connectivity index is 1.73. The summed E-state index contributed by atoms with van der Waals surface area (Å²) in [6, 6.07) is 16.2. The third-order valence-electron chi connectivity index (χ3n) is 6.11. The van der Waals surface area contributed by atoms with Crippen molar-refractivity contribution in [2.75, 3.05) is 20.8 Å². The molecule has 2 aliphatic heterocycles. The van der Waals surface area contributed by atoms with Gasteiger partial charge >= 0.3 is 0 Å². The third kappa shape index (κ3) is 3.92. The molecule has 2 saturated heterocycles. The molecule has 2 aliphatic rings. The lowest BCUT2D eigenvalue weighted by Crippen LogP contribution is -2.46. The van der Waals surface area contributed by atoms with E-state index in [1.165, 1.54) is 0 Å². The van der Waals surface area contributed by atoms with E-state index in [0.29, 0.717) is 0 Å². The van der Waals surface area contributed by atoms with Crippen LogP contribution in [0.2, 0.25) is 0 Å². The van der Waals surface area contributed by atoms with Crippen molar-refractivity contribution >= 4 is 17.9 Å². The number of ether oxygens (including phenoxy) is 2. The molecule has 0 aromatic heterocycles. The molecule has 4 rings (SSSR count). The number of benzene rings is 2. The van der Waals surface area contributed by atoms with Crippen LogP contribution < -0.4 is 9.47 Å². The van der Waals surface area contributed by atoms with E-state index in [1.54, 1.807) is 14.2 Å². The molecule has 2 unspecified atom stereocenters. The highest BCUT2D eigenvalue weighted by Crippen LogP contribution is 2.41. The summed E-state index contributed by atoms with van der Waals surface area (Å²) in [4.78, 5) is 16.1. The Morgan fingerprint density at radius 1 is 0.833 bits per heavy atom. The van der Waals surface area contributed by atoms with Gasteiger partial charge in [-0.3, -0.25) is 9.69 Å². The summed E-state index contributed by atoms with van der Waals surface area (Å²) < 4.78 is 10.5. The molecule has 4 heteroatoms. The molecule has 0 saturated carbocycles. The predicted octanol–water partition coefficient (Wildman–Crippen LogP) is 5.00. The van der Waals surface area contributed by atoms with E-state index in [-0.39, 0.29) is 17.9 Å². The van der Waals surface area contributed by atoms with Crippen LogP contribution in [0.25, 0.3) is 12.2 Å². The maximum atomic E-state index is 13.6. The molecule has 2 atom stereocenters. The normalized spacial score (nSPS) is 23.9. The van der Waals surface area contributed by atoms with Gasteiger partial charge < -0.3 is 9.47 Å². The molecule has 2 heterocycles. The van der Waals surface area contributed by atoms with Gasteiger partial charge in [0.15, 0.2) is 5.78 Å². The molecule has 0 aliphatic carbocycles. The van der Waals surface area contributed by atoms with Gasteiger partial charge in [-0.25, -0.2) is 0 Å². The first-order chi connectivity index (χ1) is 14.6. The Morgan fingerprint density at radius 2 is 1.27 bits per heavy atom. The van der Waals surface area contributed by atoms with Gasteiger partial charge in [0.05, 0.1) is 14.2 Å². The number of carbonyl (C=O) groups excluding carboxylic acids is 1. The van der Waals surface area contributed by atoms with Crippen LogP contribution in [0.3, 0.4) is 0 Å². The number of piperidine rings is 1. The van der Waals surface area contributed by atoms with Crippen molar-refractivity contribution < 1.29 is 14.3 Å². The minimum absolute atomic E-state index is 0.182. The molecular weight excluding hydrogens is 374 g/mol. The number of Topliss-reactive ketones (excluding diaryl/α,β-unsaturated/α-hetero) is 1. The van der Waals surface area contributed by atoms with E-state index in [0.717, 1.165) is 59.6 Å². The van der Waals surface area contributed by atoms with E-state index in [9.17, 15) is 4.79 Å². The van der Waals surface area contributed by atoms with Crippen molar-refractivity contribution in [3.63, 3.8) is 0 Å². The number of rotatable bonds is 6. The number of hydrogen-bond acceptors (Lipinski definition) is 4. The first kappa shape index (κ1) is 20.4. The first-order valence-corrected chi connectivity index (χ1v) is 10.7. The lowest BCUT2D eigenvalue weighted by Gasteiger charge is -2.37. The summed E-state index contributed by atoms with van der Waals surface area (Å²) >= 11 is 0. The van der Waals surface area contributed by atoms with Gasteiger partial charge in [-0.2, -0.15) is 0 Å². The molecule has 30 heavy (non-hydrogen) atoms. The van der Waals surface area contributed by atoms with Crippen molar-refractivity contribution in [1.82, 2.24) is 4.90 Å². The minimum atomic E-state index is 0.182. The summed E-state index contributed by atoms with van der Waals surface area (Å²) in [5.74, 6) is 1.82. The zero-order chi connectivity index (χ0) is 21.1. The molecule has 2 bridgehead atoms. The monoisotopic (exact) mass is 403 g/mol. The SMILES string of the molecule is CCCN1C2CCC1/C(=C\c1ccc(OC)cc1)C(=O)/C2=C/c1ccc(OC)cc1. The molecule has 2 aromatic carbocycles. The standard InChI is InChI=1S/C26H29NO3/c1-4-15-27-24-13-14-25(27)23(17-19-7-11-21(30-3)12-8-19)26(28)22(24)16-18-5-9-20(29-2)10-6-18/h5-12,16-17,24-25H,4,13-15H2,1-3H3/b22-16+,23-17+. The van der Waals surface area contributed by atoms with E-state index in [1.807, 2.05) is 48.5 Å². The van der Waals surface area contributed by atoms with Crippen molar-refractivity contribution in [2.45, 2.75) is 38.3 Å². The van der Waals surface area contributed by atoms with E-state index >= 15 is 0 Å². The topological polar surface area (TPSA) is 38.8 Å². The highest BCUT2D eigenvalue weighted by molar-refractivity contribution is 6.16. The van der Waals surface area contributed by atoms with Crippen LogP contribution in [0.1, 0.15) is 37.3 Å². The minimum Gasteiger partial charge on any atom is -0.497 e. The lowest BCUT2D eigenvalue weighted by molar-refractivity contribution is -0.114. The molecule has 0 amide bonds. The van der Waals surface area contributed by atoms with E-state index in [4.69, 9.17) is 9.47 Å². The highest BCUT2D eigenvalue weighted by Gasteiger charge is 2.45. The fourth-order valence-corrected chi connectivity index (χ4v) is 4.65. The molecule has 2 aromatic rings. The summed E-state index contributed by atoms with van der Waals surface area (Å²) in [5, 5.41) is 0. The molecule has 4 nitrogen and oxygen atoms in total. The second-order valence-corrected chi connectivity index (χ2v) is 7.92. The largest absolute Gasteiger partial charge is 0.497 e. The zero-order valence-corrected chi connectivity index (χ0v) is 17.9. The van der Waals surface area contributed by atoms with Gasteiger partial charge in [-0.05, 0) is 73.4 Å². The Bertz CT molecular complexity index is 881. The maximum absolute atomic E-state index is 13.6. The number of methoxy groups -OCH3 is 2.